The molecule has 117 valence electrons. The molecule has 1 N–H and O–H groups in total. The number of aromatic hydroxyl groups is 1. The van der Waals surface area contributed by atoms with E-state index in [0.717, 1.165) is 12.0 Å². The summed E-state index contributed by atoms with van der Waals surface area (Å²) in [6.07, 6.45) is 10.0. The quantitative estimate of drug-likeness (QED) is 0.424. The van der Waals surface area contributed by atoms with Crippen LogP contribution in [-0.4, -0.2) is 18.0 Å². The number of hydrogen-bond acceptors (Lipinski definition) is 1. The Morgan fingerprint density at radius 3 is 2.00 bits per heavy atom. The first kappa shape index (κ1) is 25.8. The third kappa shape index (κ3) is 12.1. The molecule has 0 spiro atoms. The Bertz CT molecular complexity index is 424. The van der Waals surface area contributed by atoms with Crippen LogP contribution in [0.4, 0.5) is 0 Å². The van der Waals surface area contributed by atoms with E-state index in [2.05, 4.69) is 42.7 Å². The molecule has 1 aliphatic carbocycles. The molecular formula is C16H23Cl2OSiTi-2. The molecule has 0 amide bonds. The molecule has 0 atom stereocenters. The predicted octanol–water partition coefficient (Wildman–Crippen LogP) is -2.48. The summed E-state index contributed by atoms with van der Waals surface area (Å²) < 4.78 is 0. The molecule has 0 aliphatic heterocycles. The van der Waals surface area contributed by atoms with E-state index in [0.29, 0.717) is 5.75 Å². The third-order valence-corrected chi connectivity index (χ3v) is 4.53. The molecule has 0 aromatic heterocycles. The van der Waals surface area contributed by atoms with Crippen LogP contribution in [0.2, 0.25) is 19.6 Å². The Morgan fingerprint density at radius 1 is 1.14 bits per heavy atom. The van der Waals surface area contributed by atoms with Crippen molar-refractivity contribution in [1.29, 1.82) is 0 Å². The van der Waals surface area contributed by atoms with Crippen LogP contribution in [-0.2, 0) is 20.0 Å². The van der Waals surface area contributed by atoms with Crippen molar-refractivity contribution in [3.8, 4) is 5.75 Å². The van der Waals surface area contributed by atoms with Crippen LogP contribution < -0.4 is 30.0 Å². The predicted molar refractivity (Wildman–Crippen MR) is 84.5 cm³/mol. The second-order valence-corrected chi connectivity index (χ2v) is 10.4. The average molecular weight is 378 g/mol. The monoisotopic (exact) mass is 377 g/mol. The van der Waals surface area contributed by atoms with E-state index < -0.39 is 8.07 Å². The largest absolute Gasteiger partial charge is 1.00 e. The molecule has 0 unspecified atom stereocenters. The molecule has 1 nitrogen and oxygen atoms in total. The van der Waals surface area contributed by atoms with Crippen LogP contribution in [0.15, 0.2) is 36.4 Å². The van der Waals surface area contributed by atoms with E-state index in [9.17, 15) is 5.11 Å². The smallest absolute Gasteiger partial charge is 1.00 e. The van der Waals surface area contributed by atoms with Gasteiger partial charge in [-0.1, -0.05) is 30.9 Å². The summed E-state index contributed by atoms with van der Waals surface area (Å²) in [5.74, 6) is 0.396. The summed E-state index contributed by atoms with van der Waals surface area (Å²) in [5, 5.41) is 10.7. The topological polar surface area (TPSA) is 20.2 Å². The Hall–Kier alpha value is -0.119. The Morgan fingerprint density at radius 2 is 1.71 bits per heavy atom. The van der Waals surface area contributed by atoms with Crippen molar-refractivity contribution in [3.05, 3.63) is 48.1 Å². The summed E-state index contributed by atoms with van der Waals surface area (Å²) in [6, 6.07) is 5.86. The molecule has 0 bridgehead atoms. The van der Waals surface area contributed by atoms with Gasteiger partial charge in [-0.05, 0) is 24.6 Å². The number of benzene rings is 1. The van der Waals surface area contributed by atoms with Gasteiger partial charge in [-0.3, -0.25) is 6.08 Å². The van der Waals surface area contributed by atoms with Gasteiger partial charge in [0.2, 0.25) is 0 Å². The van der Waals surface area contributed by atoms with Crippen molar-refractivity contribution in [2.75, 3.05) is 0 Å². The second kappa shape index (κ2) is 13.5. The van der Waals surface area contributed by atoms with Crippen LogP contribution in [0.5, 0.6) is 5.75 Å². The zero-order valence-corrected chi connectivity index (χ0v) is 17.2. The number of allylic oxidation sites excluding steroid dienone is 4. The van der Waals surface area contributed by atoms with Crippen LogP contribution in [0, 0.1) is 13.0 Å². The second-order valence-electron chi connectivity index (χ2n) is 5.31. The van der Waals surface area contributed by atoms with Gasteiger partial charge in [-0.25, -0.2) is 12.2 Å². The van der Waals surface area contributed by atoms with Gasteiger partial charge in [0, 0.05) is 0 Å². The molecule has 0 saturated heterocycles. The molecule has 2 rings (SSSR count). The fourth-order valence-electron chi connectivity index (χ4n) is 1.54. The molecule has 0 heterocycles. The molecule has 0 radical (unpaired) electrons. The first-order valence-corrected chi connectivity index (χ1v) is 10.9. The first-order valence-electron chi connectivity index (χ1n) is 6.28. The summed E-state index contributed by atoms with van der Waals surface area (Å²) in [7, 11) is -1.26. The summed E-state index contributed by atoms with van der Waals surface area (Å²) in [4.78, 5) is 3.25. The molecule has 0 saturated carbocycles. The van der Waals surface area contributed by atoms with Crippen LogP contribution in [0.3, 0.4) is 0 Å². The fraction of sp³-hybridized carbons (Fsp3) is 0.312. The van der Waals surface area contributed by atoms with Crippen molar-refractivity contribution in [2.24, 2.45) is 0 Å². The van der Waals surface area contributed by atoms with Gasteiger partial charge in [0.25, 0.3) is 0 Å². The Kier molecular flexibility index (Phi) is 16.6. The fourth-order valence-corrected chi connectivity index (χ4v) is 2.78. The van der Waals surface area contributed by atoms with E-state index in [-0.39, 0.29) is 24.8 Å². The molecule has 0 fully saturated rings. The minimum absolute atomic E-state index is 0. The van der Waals surface area contributed by atoms with Crippen LogP contribution in [0.25, 0.3) is 0 Å². The van der Waals surface area contributed by atoms with Crippen LogP contribution in [0.1, 0.15) is 12.0 Å². The SMILES string of the molecule is Cc1cc(O)cc([Si](C)(C)C)c1.[C-]1=CC=CC1.[CH2]=[Ti+].[Cl-].[Cl-]. The average Bonchev–Trinajstić information content (AvgIpc) is 2.88. The maximum atomic E-state index is 9.38. The maximum absolute atomic E-state index is 9.38. The number of rotatable bonds is 1. The number of phenols is 1. The summed E-state index contributed by atoms with van der Waals surface area (Å²) >= 11 is 1.75. The number of halogens is 2. The third-order valence-electron chi connectivity index (χ3n) is 2.51. The molecule has 5 heteroatoms. The van der Waals surface area contributed by atoms with E-state index in [1.54, 1.807) is 26.0 Å². The van der Waals surface area contributed by atoms with Crippen molar-refractivity contribution < 1.29 is 49.9 Å². The van der Waals surface area contributed by atoms with E-state index >= 15 is 0 Å². The zero-order valence-electron chi connectivity index (χ0n) is 13.1. The van der Waals surface area contributed by atoms with E-state index in [4.69, 9.17) is 0 Å². The minimum Gasteiger partial charge on any atom is -1.00 e. The first-order chi connectivity index (χ1) is 8.89. The van der Waals surface area contributed by atoms with Gasteiger partial charge in [-0.2, -0.15) is 6.08 Å². The number of aryl methyl sites for hydroxylation is 1. The number of hydrogen-bond donors (Lipinski definition) is 1. The molecule has 21 heavy (non-hydrogen) atoms. The van der Waals surface area contributed by atoms with Gasteiger partial charge in [0.15, 0.2) is 0 Å². The molecular weight excluding hydrogens is 355 g/mol. The van der Waals surface area contributed by atoms with Gasteiger partial charge < -0.3 is 29.9 Å². The standard InChI is InChI=1S/C10H16OSi.C5H5.CH2.2ClH.Ti/c1-8-5-9(11)7-10(6-8)12(2,3)4;1-2-4-5-3-1;;;;/h5-7,11H,1-4H3;1-3H,4H2;1H2;2*1H;/q;-1;;;;+1/p-2. The summed E-state index contributed by atoms with van der Waals surface area (Å²) in [5.41, 5.74) is 1.15. The molecule has 1 aromatic rings. The molecule has 1 aromatic carbocycles. The van der Waals surface area contributed by atoms with Gasteiger partial charge in [0.1, 0.15) is 5.75 Å². The zero-order chi connectivity index (χ0) is 14.9. The normalized spacial score (nSPS) is 11.1. The van der Waals surface area contributed by atoms with E-state index in [1.807, 2.05) is 25.1 Å². The van der Waals surface area contributed by atoms with Crippen molar-refractivity contribution in [1.82, 2.24) is 0 Å². The van der Waals surface area contributed by atoms with Gasteiger partial charge in [0.05, 0.1) is 8.07 Å². The van der Waals surface area contributed by atoms with E-state index in [1.165, 1.54) is 5.19 Å². The van der Waals surface area contributed by atoms with Gasteiger partial charge >= 0.3 is 24.8 Å². The Balaban J connectivity index is -0.000000306. The van der Waals surface area contributed by atoms with Gasteiger partial charge in [-0.15, -0.1) is 6.42 Å². The van der Waals surface area contributed by atoms with Crippen molar-refractivity contribution in [2.45, 2.75) is 33.0 Å². The summed E-state index contributed by atoms with van der Waals surface area (Å²) in [6.45, 7) is 8.85. The van der Waals surface area contributed by atoms with Crippen molar-refractivity contribution in [3.63, 3.8) is 0 Å². The molecule has 1 aliphatic rings. The maximum Gasteiger partial charge on any atom is -1.00 e. The number of phenolic OH excluding ortho intramolecular Hbond substituents is 1. The Labute approximate surface area is 154 Å². The van der Waals surface area contributed by atoms with Crippen molar-refractivity contribution >= 4 is 18.1 Å². The van der Waals surface area contributed by atoms with Crippen LogP contribution >= 0.6 is 0 Å². The minimum atomic E-state index is -1.26.